The van der Waals surface area contributed by atoms with Crippen molar-refractivity contribution < 1.29 is 4.79 Å². The number of rotatable bonds is 4. The van der Waals surface area contributed by atoms with Crippen molar-refractivity contribution in [3.8, 4) is 0 Å². The Bertz CT molecular complexity index is 499. The number of aromatic nitrogens is 2. The Balaban J connectivity index is 2.24. The summed E-state index contributed by atoms with van der Waals surface area (Å²) in [6.45, 7) is 4.91. The Morgan fingerprint density at radius 1 is 1.56 bits per heavy atom. The second kappa shape index (κ2) is 4.61. The summed E-state index contributed by atoms with van der Waals surface area (Å²) in [6, 6.07) is 1.97. The van der Waals surface area contributed by atoms with E-state index in [9.17, 15) is 4.79 Å². The van der Waals surface area contributed by atoms with Crippen LogP contribution in [0.3, 0.4) is 0 Å². The smallest absolute Gasteiger partial charge is 0.206 e. The number of carbonyl (C=O) groups is 1. The zero-order chi connectivity index (χ0) is 11.5. The van der Waals surface area contributed by atoms with Crippen LogP contribution in [0.1, 0.15) is 34.1 Å². The largest absolute Gasteiger partial charge is 0.288 e. The van der Waals surface area contributed by atoms with E-state index in [1.807, 2.05) is 29.2 Å². The second-order valence-corrected chi connectivity index (χ2v) is 4.67. The molecule has 0 N–H and O–H groups in total. The zero-order valence-corrected chi connectivity index (χ0v) is 10.3. The highest BCUT2D eigenvalue weighted by Gasteiger charge is 2.14. The lowest BCUT2D eigenvalue weighted by Gasteiger charge is -1.96. The molecule has 0 fully saturated rings. The van der Waals surface area contributed by atoms with Crippen molar-refractivity contribution in [2.45, 2.75) is 26.8 Å². The third-order valence-corrected chi connectivity index (χ3v) is 3.43. The third kappa shape index (κ3) is 2.07. The first kappa shape index (κ1) is 11.1. The molecular weight excluding hydrogens is 220 g/mol. The van der Waals surface area contributed by atoms with Gasteiger partial charge in [-0.1, -0.05) is 6.92 Å². The summed E-state index contributed by atoms with van der Waals surface area (Å²) < 4.78 is 1.82. The molecule has 3 nitrogen and oxygen atoms in total. The molecule has 2 aromatic heterocycles. The normalized spacial score (nSPS) is 10.6. The van der Waals surface area contributed by atoms with E-state index in [0.717, 1.165) is 23.4 Å². The van der Waals surface area contributed by atoms with E-state index in [1.54, 1.807) is 6.20 Å². The van der Waals surface area contributed by atoms with Gasteiger partial charge in [-0.15, -0.1) is 11.3 Å². The quantitative estimate of drug-likeness (QED) is 0.762. The van der Waals surface area contributed by atoms with Crippen LogP contribution in [0, 0.1) is 6.92 Å². The van der Waals surface area contributed by atoms with E-state index >= 15 is 0 Å². The zero-order valence-electron chi connectivity index (χ0n) is 9.43. The minimum atomic E-state index is 0.0786. The van der Waals surface area contributed by atoms with Crippen molar-refractivity contribution in [1.82, 2.24) is 9.78 Å². The number of hydrogen-bond donors (Lipinski definition) is 0. The van der Waals surface area contributed by atoms with E-state index in [-0.39, 0.29) is 5.78 Å². The first-order chi connectivity index (χ1) is 7.72. The fraction of sp³-hybridized carbons (Fsp3) is 0.333. The van der Waals surface area contributed by atoms with Gasteiger partial charge in [0.2, 0.25) is 5.78 Å². The summed E-state index contributed by atoms with van der Waals surface area (Å²) in [5.41, 5.74) is 1.72. The maximum Gasteiger partial charge on any atom is 0.206 e. The number of aryl methyl sites for hydroxylation is 2. The van der Waals surface area contributed by atoms with Gasteiger partial charge in [-0.3, -0.25) is 9.48 Å². The number of carbonyl (C=O) groups excluding carboxylic acids is 1. The first-order valence-corrected chi connectivity index (χ1v) is 6.21. The van der Waals surface area contributed by atoms with Gasteiger partial charge in [-0.2, -0.15) is 5.10 Å². The molecule has 0 spiro atoms. The van der Waals surface area contributed by atoms with Crippen molar-refractivity contribution in [2.24, 2.45) is 0 Å². The van der Waals surface area contributed by atoms with Crippen LogP contribution < -0.4 is 0 Å². The number of ketones is 1. The van der Waals surface area contributed by atoms with Gasteiger partial charge in [0.1, 0.15) is 0 Å². The molecule has 2 aromatic rings. The van der Waals surface area contributed by atoms with Gasteiger partial charge >= 0.3 is 0 Å². The lowest BCUT2D eigenvalue weighted by molar-refractivity contribution is 0.104. The predicted octanol–water partition coefficient (Wildman–Crippen LogP) is 2.89. The highest BCUT2D eigenvalue weighted by molar-refractivity contribution is 7.12. The van der Waals surface area contributed by atoms with E-state index in [0.29, 0.717) is 5.56 Å². The minimum absolute atomic E-state index is 0.0786. The van der Waals surface area contributed by atoms with Gasteiger partial charge in [0.15, 0.2) is 0 Å². The molecule has 0 aliphatic rings. The molecule has 4 heteroatoms. The molecule has 0 aliphatic heterocycles. The maximum absolute atomic E-state index is 12.1. The van der Waals surface area contributed by atoms with Crippen molar-refractivity contribution in [3.05, 3.63) is 39.8 Å². The summed E-state index contributed by atoms with van der Waals surface area (Å²) in [7, 11) is 0. The van der Waals surface area contributed by atoms with Crippen molar-refractivity contribution in [1.29, 1.82) is 0 Å². The average Bonchev–Trinajstić information content (AvgIpc) is 2.87. The van der Waals surface area contributed by atoms with Gasteiger partial charge in [-0.05, 0) is 30.4 Å². The fourth-order valence-corrected chi connectivity index (χ4v) is 2.46. The molecule has 16 heavy (non-hydrogen) atoms. The number of hydrogen-bond acceptors (Lipinski definition) is 3. The molecule has 0 atom stereocenters. The van der Waals surface area contributed by atoms with Crippen LogP contribution >= 0.6 is 11.3 Å². The fourth-order valence-electron chi connectivity index (χ4n) is 1.57. The molecule has 84 valence electrons. The molecule has 2 rings (SSSR count). The summed E-state index contributed by atoms with van der Waals surface area (Å²) in [5, 5.41) is 6.11. The summed E-state index contributed by atoms with van der Waals surface area (Å²) in [6.07, 6.45) is 4.50. The Hall–Kier alpha value is -1.42. The molecule has 0 saturated carbocycles. The molecule has 0 bridgehead atoms. The van der Waals surface area contributed by atoms with Crippen LogP contribution in [0.5, 0.6) is 0 Å². The summed E-state index contributed by atoms with van der Waals surface area (Å²) in [5.74, 6) is 0.0786. The summed E-state index contributed by atoms with van der Waals surface area (Å²) >= 11 is 1.49. The van der Waals surface area contributed by atoms with E-state index in [4.69, 9.17) is 0 Å². The van der Waals surface area contributed by atoms with Crippen LogP contribution in [0.25, 0.3) is 0 Å². The van der Waals surface area contributed by atoms with E-state index in [2.05, 4.69) is 12.0 Å². The molecule has 0 aromatic carbocycles. The van der Waals surface area contributed by atoms with Gasteiger partial charge in [-0.25, -0.2) is 0 Å². The lowest BCUT2D eigenvalue weighted by Crippen LogP contribution is -1.99. The van der Waals surface area contributed by atoms with Crippen LogP contribution in [0.2, 0.25) is 0 Å². The SMILES string of the molecule is CCCn1cc(C(=O)c2sccc2C)cn1. The Kier molecular flexibility index (Phi) is 3.19. The molecule has 2 heterocycles. The van der Waals surface area contributed by atoms with Crippen molar-refractivity contribution >= 4 is 17.1 Å². The van der Waals surface area contributed by atoms with E-state index < -0.39 is 0 Å². The number of thiophene rings is 1. The van der Waals surface area contributed by atoms with Gasteiger partial charge in [0.05, 0.1) is 16.6 Å². The highest BCUT2D eigenvalue weighted by atomic mass is 32.1. The van der Waals surface area contributed by atoms with Crippen LogP contribution in [-0.4, -0.2) is 15.6 Å². The van der Waals surface area contributed by atoms with Crippen LogP contribution in [-0.2, 0) is 6.54 Å². The minimum Gasteiger partial charge on any atom is -0.288 e. The van der Waals surface area contributed by atoms with Gasteiger partial charge < -0.3 is 0 Å². The summed E-state index contributed by atoms with van der Waals surface area (Å²) in [4.78, 5) is 12.9. The predicted molar refractivity (Wildman–Crippen MR) is 65.0 cm³/mol. The maximum atomic E-state index is 12.1. The Morgan fingerprint density at radius 2 is 2.38 bits per heavy atom. The monoisotopic (exact) mass is 234 g/mol. The molecule has 0 amide bonds. The topological polar surface area (TPSA) is 34.9 Å². The van der Waals surface area contributed by atoms with Gasteiger partial charge in [0.25, 0.3) is 0 Å². The molecule has 0 unspecified atom stereocenters. The van der Waals surface area contributed by atoms with Gasteiger partial charge in [0, 0.05) is 12.7 Å². The molecule has 0 saturated heterocycles. The second-order valence-electron chi connectivity index (χ2n) is 3.75. The average molecular weight is 234 g/mol. The molecule has 0 aliphatic carbocycles. The Morgan fingerprint density at radius 3 is 3.00 bits per heavy atom. The van der Waals surface area contributed by atoms with Crippen LogP contribution in [0.15, 0.2) is 23.8 Å². The number of nitrogens with zero attached hydrogens (tertiary/aromatic N) is 2. The highest BCUT2D eigenvalue weighted by Crippen LogP contribution is 2.19. The molecule has 0 radical (unpaired) electrons. The van der Waals surface area contributed by atoms with E-state index in [1.165, 1.54) is 11.3 Å². The van der Waals surface area contributed by atoms with Crippen LogP contribution in [0.4, 0.5) is 0 Å². The standard InChI is InChI=1S/C12H14N2OS/c1-3-5-14-8-10(7-13-14)11(15)12-9(2)4-6-16-12/h4,6-8H,3,5H2,1-2H3. The first-order valence-electron chi connectivity index (χ1n) is 5.33. The lowest BCUT2D eigenvalue weighted by atomic mass is 10.1. The Labute approximate surface area is 98.7 Å². The third-order valence-electron chi connectivity index (χ3n) is 2.42. The van der Waals surface area contributed by atoms with Crippen molar-refractivity contribution in [2.75, 3.05) is 0 Å². The molecular formula is C12H14N2OS. The van der Waals surface area contributed by atoms with Crippen molar-refractivity contribution in [3.63, 3.8) is 0 Å².